The maximum atomic E-state index is 11.7. The van der Waals surface area contributed by atoms with Gasteiger partial charge >= 0.3 is 0 Å². The van der Waals surface area contributed by atoms with Gasteiger partial charge in [-0.2, -0.15) is 5.10 Å². The molecule has 0 bridgehead atoms. The predicted molar refractivity (Wildman–Crippen MR) is 71.5 cm³/mol. The summed E-state index contributed by atoms with van der Waals surface area (Å²) in [7, 11) is 0. The van der Waals surface area contributed by atoms with Crippen molar-refractivity contribution in [2.75, 3.05) is 12.3 Å². The third-order valence-electron chi connectivity index (χ3n) is 2.59. The van der Waals surface area contributed by atoms with Crippen LogP contribution in [0.1, 0.15) is 5.56 Å². The molecular formula is C13H16N4O2. The Balaban J connectivity index is 1.76. The fraction of sp³-hybridized carbons (Fsp3) is 0.231. The van der Waals surface area contributed by atoms with Crippen molar-refractivity contribution in [2.45, 2.75) is 13.0 Å². The molecule has 0 saturated carbocycles. The van der Waals surface area contributed by atoms with Gasteiger partial charge in [0, 0.05) is 12.7 Å². The maximum Gasteiger partial charge on any atom is 0.224 e. The molecule has 0 radical (unpaired) electrons. The summed E-state index contributed by atoms with van der Waals surface area (Å²) < 4.78 is 1.67. The number of hydrogen-bond donors (Lipinski definition) is 3. The zero-order chi connectivity index (χ0) is 13.7. The lowest BCUT2D eigenvalue weighted by Gasteiger charge is -2.05. The number of nitrogens with two attached hydrogens (primary N) is 1. The minimum atomic E-state index is -0.0919. The molecule has 1 aromatic carbocycles. The van der Waals surface area contributed by atoms with Gasteiger partial charge in [-0.05, 0) is 17.7 Å². The van der Waals surface area contributed by atoms with Crippen LogP contribution in [0.3, 0.4) is 0 Å². The van der Waals surface area contributed by atoms with Crippen LogP contribution in [-0.4, -0.2) is 27.3 Å². The van der Waals surface area contributed by atoms with Gasteiger partial charge in [0.25, 0.3) is 0 Å². The van der Waals surface area contributed by atoms with Gasteiger partial charge in [0.15, 0.2) is 0 Å². The number of aromatic nitrogens is 2. The molecule has 1 aromatic heterocycles. The topological polar surface area (TPSA) is 93.2 Å². The van der Waals surface area contributed by atoms with Crippen molar-refractivity contribution in [3.05, 3.63) is 42.2 Å². The minimum absolute atomic E-state index is 0.0919. The molecule has 6 nitrogen and oxygen atoms in total. The molecule has 1 heterocycles. The van der Waals surface area contributed by atoms with Crippen LogP contribution in [0.5, 0.6) is 5.75 Å². The predicted octanol–water partition coefficient (Wildman–Crippen LogP) is 0.530. The van der Waals surface area contributed by atoms with Gasteiger partial charge in [0.1, 0.15) is 5.75 Å². The van der Waals surface area contributed by atoms with Gasteiger partial charge < -0.3 is 16.2 Å². The third-order valence-corrected chi connectivity index (χ3v) is 2.59. The van der Waals surface area contributed by atoms with Crippen LogP contribution >= 0.6 is 0 Å². The highest BCUT2D eigenvalue weighted by atomic mass is 16.3. The van der Waals surface area contributed by atoms with Crippen molar-refractivity contribution in [2.24, 2.45) is 0 Å². The van der Waals surface area contributed by atoms with Crippen LogP contribution < -0.4 is 11.1 Å². The molecule has 6 heteroatoms. The van der Waals surface area contributed by atoms with Gasteiger partial charge in [-0.25, -0.2) is 0 Å². The molecule has 1 amide bonds. The lowest BCUT2D eigenvalue weighted by Crippen LogP contribution is -2.28. The van der Waals surface area contributed by atoms with Crippen LogP contribution in [0.2, 0.25) is 0 Å². The molecular weight excluding hydrogens is 244 g/mol. The molecule has 2 aromatic rings. The van der Waals surface area contributed by atoms with Crippen molar-refractivity contribution in [1.29, 1.82) is 0 Å². The Morgan fingerprint density at radius 2 is 2.32 bits per heavy atom. The Morgan fingerprint density at radius 3 is 3.00 bits per heavy atom. The molecule has 0 unspecified atom stereocenters. The second-order valence-corrected chi connectivity index (χ2v) is 4.23. The molecule has 0 atom stereocenters. The largest absolute Gasteiger partial charge is 0.508 e. The molecule has 0 saturated heterocycles. The summed E-state index contributed by atoms with van der Waals surface area (Å²) >= 11 is 0. The second kappa shape index (κ2) is 5.90. The monoisotopic (exact) mass is 260 g/mol. The number of carbonyl (C=O) groups excluding carboxylic acids is 1. The van der Waals surface area contributed by atoms with E-state index < -0.39 is 0 Å². The first kappa shape index (κ1) is 12.9. The van der Waals surface area contributed by atoms with Crippen LogP contribution in [0.15, 0.2) is 36.7 Å². The van der Waals surface area contributed by atoms with Crippen molar-refractivity contribution in [3.63, 3.8) is 0 Å². The molecule has 4 N–H and O–H groups in total. The van der Waals surface area contributed by atoms with E-state index in [4.69, 9.17) is 5.73 Å². The number of nitrogens with zero attached hydrogens (tertiary/aromatic N) is 2. The van der Waals surface area contributed by atoms with Crippen LogP contribution in [0.25, 0.3) is 0 Å². The van der Waals surface area contributed by atoms with E-state index >= 15 is 0 Å². The average molecular weight is 260 g/mol. The smallest absolute Gasteiger partial charge is 0.224 e. The Bertz CT molecular complexity index is 565. The van der Waals surface area contributed by atoms with Gasteiger partial charge in [0.05, 0.1) is 24.8 Å². The lowest BCUT2D eigenvalue weighted by atomic mass is 10.1. The lowest BCUT2D eigenvalue weighted by molar-refractivity contribution is -0.120. The minimum Gasteiger partial charge on any atom is -0.508 e. The molecule has 0 aliphatic rings. The normalized spacial score (nSPS) is 10.3. The number of nitrogens with one attached hydrogen (secondary N) is 1. The van der Waals surface area contributed by atoms with E-state index in [0.29, 0.717) is 18.8 Å². The fourth-order valence-electron chi connectivity index (χ4n) is 1.73. The summed E-state index contributed by atoms with van der Waals surface area (Å²) in [5, 5.41) is 16.1. The molecule has 19 heavy (non-hydrogen) atoms. The molecule has 100 valence electrons. The summed E-state index contributed by atoms with van der Waals surface area (Å²) in [6.45, 7) is 1.06. The van der Waals surface area contributed by atoms with E-state index in [2.05, 4.69) is 10.4 Å². The van der Waals surface area contributed by atoms with Crippen molar-refractivity contribution < 1.29 is 9.90 Å². The van der Waals surface area contributed by atoms with E-state index in [1.165, 1.54) is 0 Å². The highest BCUT2D eigenvalue weighted by Gasteiger charge is 2.03. The van der Waals surface area contributed by atoms with E-state index in [1.807, 2.05) is 0 Å². The first-order valence-corrected chi connectivity index (χ1v) is 5.96. The standard InChI is InChI=1S/C13H16N4O2/c14-11-8-16-17(9-11)5-4-15-13(19)7-10-2-1-3-12(18)6-10/h1-3,6,8-9,18H,4-5,7,14H2,(H,15,19). The number of rotatable bonds is 5. The van der Waals surface area contributed by atoms with Gasteiger partial charge in [-0.3, -0.25) is 9.48 Å². The number of phenols is 1. The van der Waals surface area contributed by atoms with Gasteiger partial charge in [-0.1, -0.05) is 12.1 Å². The summed E-state index contributed by atoms with van der Waals surface area (Å²) in [5.41, 5.74) is 6.91. The Kier molecular flexibility index (Phi) is 4.02. The number of phenolic OH excluding ortho intramolecular Hbond substituents is 1. The van der Waals surface area contributed by atoms with Crippen LogP contribution in [0.4, 0.5) is 5.69 Å². The number of anilines is 1. The number of hydrogen-bond acceptors (Lipinski definition) is 4. The van der Waals surface area contributed by atoms with Crippen molar-refractivity contribution in [1.82, 2.24) is 15.1 Å². The Morgan fingerprint density at radius 1 is 1.47 bits per heavy atom. The Hall–Kier alpha value is -2.50. The zero-order valence-corrected chi connectivity index (χ0v) is 10.4. The number of nitrogen functional groups attached to an aromatic ring is 1. The summed E-state index contributed by atoms with van der Waals surface area (Å²) in [6.07, 6.45) is 3.52. The Labute approximate surface area is 110 Å². The molecule has 0 fully saturated rings. The summed E-state index contributed by atoms with van der Waals surface area (Å²) in [4.78, 5) is 11.7. The van der Waals surface area contributed by atoms with Gasteiger partial charge in [0.2, 0.25) is 5.91 Å². The summed E-state index contributed by atoms with van der Waals surface area (Å²) in [6, 6.07) is 6.66. The highest BCUT2D eigenvalue weighted by Crippen LogP contribution is 2.11. The molecule has 2 rings (SSSR count). The summed E-state index contributed by atoms with van der Waals surface area (Å²) in [5.74, 6) is 0.0723. The average Bonchev–Trinajstić information content (AvgIpc) is 2.75. The highest BCUT2D eigenvalue weighted by molar-refractivity contribution is 5.78. The van der Waals surface area contributed by atoms with Gasteiger partial charge in [-0.15, -0.1) is 0 Å². The second-order valence-electron chi connectivity index (χ2n) is 4.23. The number of aromatic hydroxyl groups is 1. The molecule has 0 aliphatic heterocycles. The maximum absolute atomic E-state index is 11.7. The van der Waals surface area contributed by atoms with Crippen molar-refractivity contribution in [3.8, 4) is 5.75 Å². The molecule has 0 spiro atoms. The number of amides is 1. The first-order chi connectivity index (χ1) is 9.13. The van der Waals surface area contributed by atoms with Crippen LogP contribution in [-0.2, 0) is 17.8 Å². The third kappa shape index (κ3) is 4.02. The van der Waals surface area contributed by atoms with E-state index in [1.54, 1.807) is 41.3 Å². The number of carbonyl (C=O) groups is 1. The van der Waals surface area contributed by atoms with Crippen molar-refractivity contribution >= 4 is 11.6 Å². The van der Waals surface area contributed by atoms with E-state index in [0.717, 1.165) is 5.56 Å². The number of benzene rings is 1. The van der Waals surface area contributed by atoms with E-state index in [-0.39, 0.29) is 18.1 Å². The fourth-order valence-corrected chi connectivity index (χ4v) is 1.73. The van der Waals surface area contributed by atoms with E-state index in [9.17, 15) is 9.90 Å². The SMILES string of the molecule is Nc1cnn(CCNC(=O)Cc2cccc(O)c2)c1. The van der Waals surface area contributed by atoms with Crippen LogP contribution in [0, 0.1) is 0 Å². The quantitative estimate of drug-likeness (QED) is 0.731. The molecule has 0 aliphatic carbocycles. The zero-order valence-electron chi connectivity index (χ0n) is 10.4. The first-order valence-electron chi connectivity index (χ1n) is 5.96.